The predicted molar refractivity (Wildman–Crippen MR) is 202 cm³/mol. The second-order valence-electron chi connectivity index (χ2n) is 9.84. The second kappa shape index (κ2) is 25.8. The molecule has 14 N–H and O–H groups in total. The molecule has 0 fully saturated rings. The van der Waals surface area contributed by atoms with Crippen LogP contribution in [0.15, 0.2) is 92.4 Å². The van der Waals surface area contributed by atoms with E-state index in [9.17, 15) is 52.8 Å². The molecular formula is C30H32KO26S4. The number of aromatic carboxylic acids is 4. The zero-order valence-electron chi connectivity index (χ0n) is 30.7. The molecule has 0 aromatic heterocycles. The molecule has 0 saturated heterocycles. The van der Waals surface area contributed by atoms with E-state index in [1.807, 2.05) is 0 Å². The van der Waals surface area contributed by atoms with Gasteiger partial charge in [-0.2, -0.15) is 33.7 Å². The van der Waals surface area contributed by atoms with E-state index in [2.05, 4.69) is 0 Å². The van der Waals surface area contributed by atoms with Crippen LogP contribution in [0.3, 0.4) is 0 Å². The fourth-order valence-electron chi connectivity index (χ4n) is 3.39. The Morgan fingerprint density at radius 2 is 0.475 bits per heavy atom. The third-order valence-electron chi connectivity index (χ3n) is 5.99. The first-order valence-corrected chi connectivity index (χ1v) is 20.1. The van der Waals surface area contributed by atoms with E-state index in [4.69, 9.17) is 69.3 Å². The van der Waals surface area contributed by atoms with Crippen molar-refractivity contribution in [3.05, 3.63) is 95.1 Å². The Bertz CT molecular complexity index is 2280. The van der Waals surface area contributed by atoms with Crippen LogP contribution in [0.25, 0.3) is 0 Å². The average molecular weight is 976 g/mol. The van der Waals surface area contributed by atoms with Crippen LogP contribution >= 0.6 is 0 Å². The number of carbonyl (C=O) groups is 4. The van der Waals surface area contributed by atoms with Crippen LogP contribution in [0.1, 0.15) is 41.4 Å². The Balaban J connectivity index is -0.000000711. The van der Waals surface area contributed by atoms with E-state index in [0.29, 0.717) is 24.3 Å². The van der Waals surface area contributed by atoms with Gasteiger partial charge in [-0.25, -0.2) is 19.2 Å². The number of phenols is 4. The summed E-state index contributed by atoms with van der Waals surface area (Å²) in [6.07, 6.45) is 0. The molecule has 0 amide bonds. The fourth-order valence-corrected chi connectivity index (χ4v) is 5.41. The van der Waals surface area contributed by atoms with Crippen molar-refractivity contribution in [3.8, 4) is 23.0 Å². The Hall–Kier alpha value is -4.84. The summed E-state index contributed by atoms with van der Waals surface area (Å²) in [6, 6.07) is 9.82. The van der Waals surface area contributed by atoms with Gasteiger partial charge in [0, 0.05) is 65.6 Å². The van der Waals surface area contributed by atoms with E-state index in [0.717, 1.165) is 62.8 Å². The zero-order valence-corrected chi connectivity index (χ0v) is 37.1. The van der Waals surface area contributed by atoms with Gasteiger partial charge < -0.3 is 51.1 Å². The average Bonchev–Trinajstić information content (AvgIpc) is 3.12. The van der Waals surface area contributed by atoms with Gasteiger partial charge in [0.15, 0.2) is 0 Å². The summed E-state index contributed by atoms with van der Waals surface area (Å²) in [5.74, 6) is -8.17. The van der Waals surface area contributed by atoms with Crippen LogP contribution in [0.5, 0.6) is 23.0 Å². The maximum atomic E-state index is 10.6. The number of carboxylic acid groups (broad SMARTS) is 4. The quantitative estimate of drug-likeness (QED) is 0.0827. The van der Waals surface area contributed by atoms with E-state index in [1.54, 1.807) is 0 Å². The smallest absolute Gasteiger partial charge is 0.339 e. The number of hydrogen-bond donors (Lipinski definition) is 14. The standard InChI is InChI=1S/4C7H6O6S.2CH4O.K/c4*8-6-2-1-4(14(11,12)13)3-5(6)7(9)10;2*1-2;/h4*1-3,8H,(H,9,10)(H,11,12,13);2*2H,1H3;. The molecule has 1 radical (unpaired) electrons. The van der Waals surface area contributed by atoms with Crippen LogP contribution < -0.4 is 0 Å². The summed E-state index contributed by atoms with van der Waals surface area (Å²) in [6.45, 7) is 0. The minimum absolute atomic E-state index is 0. The van der Waals surface area contributed by atoms with Crippen LogP contribution in [0.2, 0.25) is 0 Å². The number of carboxylic acids is 4. The summed E-state index contributed by atoms with van der Waals surface area (Å²) in [5, 5.41) is 84.1. The number of hydrogen-bond acceptors (Lipinski definition) is 18. The van der Waals surface area contributed by atoms with Gasteiger partial charge in [-0.3, -0.25) is 18.2 Å². The molecule has 0 heterocycles. The minimum atomic E-state index is -4.45. The van der Waals surface area contributed by atoms with Gasteiger partial charge in [-0.15, -0.1) is 0 Å². The number of benzene rings is 4. The van der Waals surface area contributed by atoms with E-state index < -0.39 is 129 Å². The van der Waals surface area contributed by atoms with Crippen molar-refractivity contribution in [1.29, 1.82) is 0 Å². The second-order valence-corrected chi connectivity index (χ2v) is 15.5. The van der Waals surface area contributed by atoms with Crippen molar-refractivity contribution >= 4 is 116 Å². The normalized spacial score (nSPS) is 10.5. The molecule has 4 rings (SSSR count). The maximum Gasteiger partial charge on any atom is 0.339 e. The van der Waals surface area contributed by atoms with Crippen LogP contribution in [-0.4, -0.2) is 192 Å². The third kappa shape index (κ3) is 20.5. The predicted octanol–water partition coefficient (Wildman–Crippen LogP) is 0.185. The van der Waals surface area contributed by atoms with E-state index in [-0.39, 0.29) is 51.4 Å². The molecule has 26 nitrogen and oxygen atoms in total. The molecular weight excluding hydrogens is 944 g/mol. The Morgan fingerprint density at radius 1 is 0.344 bits per heavy atom. The van der Waals surface area contributed by atoms with E-state index in [1.165, 1.54) is 0 Å². The number of aromatic hydroxyl groups is 4. The van der Waals surface area contributed by atoms with Crippen molar-refractivity contribution < 1.29 is 122 Å². The molecule has 61 heavy (non-hydrogen) atoms. The van der Waals surface area contributed by atoms with Crippen molar-refractivity contribution in [2.45, 2.75) is 19.6 Å². The first-order valence-electron chi connectivity index (χ1n) is 14.3. The first kappa shape index (κ1) is 60.5. The molecule has 4 aromatic rings. The van der Waals surface area contributed by atoms with Gasteiger partial charge >= 0.3 is 23.9 Å². The van der Waals surface area contributed by atoms with Gasteiger partial charge in [0.05, 0.1) is 19.6 Å². The van der Waals surface area contributed by atoms with Gasteiger partial charge in [0.2, 0.25) is 0 Å². The molecule has 0 atom stereocenters. The van der Waals surface area contributed by atoms with Crippen molar-refractivity contribution in [2.75, 3.05) is 14.2 Å². The molecule has 0 spiro atoms. The SMILES string of the molecule is CO.CO.O=C(O)c1cc(S(=O)(=O)O)ccc1O.O=C(O)c1cc(S(=O)(=O)O)ccc1O.O=C(O)c1cc(S(=O)(=O)O)ccc1O.O=C(O)c1cc(S(=O)(=O)O)ccc1O.[K]. The summed E-state index contributed by atoms with van der Waals surface area (Å²) < 4.78 is 119. The zero-order chi connectivity index (χ0) is 47.7. The summed E-state index contributed by atoms with van der Waals surface area (Å²) in [7, 11) is -15.8. The molecule has 0 unspecified atom stereocenters. The topological polar surface area (TPSA) is 488 Å². The van der Waals surface area contributed by atoms with Gasteiger partial charge in [-0.1, -0.05) is 0 Å². The number of rotatable bonds is 8. The molecule has 0 aliphatic heterocycles. The molecule has 0 aliphatic rings. The van der Waals surface area contributed by atoms with Crippen LogP contribution in [0, 0.1) is 0 Å². The minimum Gasteiger partial charge on any atom is -0.507 e. The molecule has 0 bridgehead atoms. The molecule has 333 valence electrons. The number of aliphatic hydroxyl groups excluding tert-OH is 2. The van der Waals surface area contributed by atoms with Crippen LogP contribution in [-0.2, 0) is 40.5 Å². The van der Waals surface area contributed by atoms with Gasteiger partial charge in [0.25, 0.3) is 40.5 Å². The monoisotopic (exact) mass is 975 g/mol. The van der Waals surface area contributed by atoms with Crippen LogP contribution in [0.4, 0.5) is 0 Å². The summed E-state index contributed by atoms with van der Waals surface area (Å²) in [4.78, 5) is 39.6. The summed E-state index contributed by atoms with van der Waals surface area (Å²) in [5.41, 5.74) is -2.33. The van der Waals surface area contributed by atoms with Crippen molar-refractivity contribution in [3.63, 3.8) is 0 Å². The maximum absolute atomic E-state index is 10.6. The molecule has 4 aromatic carbocycles. The molecule has 0 saturated carbocycles. The first-order chi connectivity index (χ1) is 27.3. The fraction of sp³-hybridized carbons (Fsp3) is 0.0667. The van der Waals surface area contributed by atoms with Gasteiger partial charge in [0.1, 0.15) is 45.3 Å². The van der Waals surface area contributed by atoms with Crippen molar-refractivity contribution in [2.24, 2.45) is 0 Å². The Morgan fingerprint density at radius 3 is 0.574 bits per heavy atom. The Kier molecular flexibility index (Phi) is 25.6. The van der Waals surface area contributed by atoms with E-state index >= 15 is 0 Å². The van der Waals surface area contributed by atoms with Gasteiger partial charge in [-0.05, 0) is 72.8 Å². The number of aliphatic hydroxyl groups is 2. The van der Waals surface area contributed by atoms with Crippen molar-refractivity contribution in [1.82, 2.24) is 0 Å². The third-order valence-corrected chi connectivity index (χ3v) is 9.38. The molecule has 0 aliphatic carbocycles. The Labute approximate surface area is 386 Å². The molecule has 31 heteroatoms. The largest absolute Gasteiger partial charge is 0.507 e. The summed E-state index contributed by atoms with van der Waals surface area (Å²) >= 11 is 0.